The van der Waals surface area contributed by atoms with E-state index in [1.165, 1.54) is 6.08 Å². The Morgan fingerprint density at radius 1 is 1.08 bits per heavy atom. The van der Waals surface area contributed by atoms with E-state index >= 15 is 0 Å². The molecule has 6 heteroatoms. The summed E-state index contributed by atoms with van der Waals surface area (Å²) in [7, 11) is 0. The average molecular weight is 367 g/mol. The minimum Gasteiger partial charge on any atom is -0.490 e. The van der Waals surface area contributed by atoms with Gasteiger partial charge in [-0.15, -0.1) is 0 Å². The van der Waals surface area contributed by atoms with E-state index in [9.17, 15) is 4.79 Å². The van der Waals surface area contributed by atoms with E-state index in [0.717, 1.165) is 11.6 Å². The highest BCUT2D eigenvalue weighted by Crippen LogP contribution is 2.30. The Bertz CT molecular complexity index is 757. The molecule has 0 bridgehead atoms. The highest BCUT2D eigenvalue weighted by atomic mass is 35.5. The number of benzene rings is 2. The molecule has 0 spiro atoms. The summed E-state index contributed by atoms with van der Waals surface area (Å²) in [6, 6.07) is 10.5. The van der Waals surface area contributed by atoms with E-state index < -0.39 is 5.97 Å². The number of carboxylic acids is 1. The summed E-state index contributed by atoms with van der Waals surface area (Å²) in [6.07, 6.45) is 2.56. The Morgan fingerprint density at radius 3 is 2.54 bits per heavy atom. The number of halogens is 2. The Kier molecular flexibility index (Phi) is 6.53. The van der Waals surface area contributed by atoms with Gasteiger partial charge in [0.2, 0.25) is 0 Å². The number of aliphatic carboxylic acids is 1. The molecule has 126 valence electrons. The summed E-state index contributed by atoms with van der Waals surface area (Å²) in [4.78, 5) is 10.6. The van der Waals surface area contributed by atoms with Crippen molar-refractivity contribution in [2.24, 2.45) is 0 Å². The monoisotopic (exact) mass is 366 g/mol. The van der Waals surface area contributed by atoms with E-state index in [2.05, 4.69) is 0 Å². The molecule has 2 rings (SSSR count). The van der Waals surface area contributed by atoms with Crippen molar-refractivity contribution in [3.63, 3.8) is 0 Å². The van der Waals surface area contributed by atoms with Gasteiger partial charge in [-0.25, -0.2) is 4.79 Å². The van der Waals surface area contributed by atoms with Crippen molar-refractivity contribution < 1.29 is 19.4 Å². The second-order valence-electron chi connectivity index (χ2n) is 4.85. The third kappa shape index (κ3) is 5.18. The molecule has 0 aliphatic heterocycles. The molecule has 0 aliphatic carbocycles. The first-order valence-corrected chi connectivity index (χ1v) is 7.99. The molecule has 0 atom stereocenters. The van der Waals surface area contributed by atoms with Crippen LogP contribution in [0.3, 0.4) is 0 Å². The smallest absolute Gasteiger partial charge is 0.328 e. The lowest BCUT2D eigenvalue weighted by atomic mass is 10.2. The highest BCUT2D eigenvalue weighted by Gasteiger charge is 2.07. The van der Waals surface area contributed by atoms with Crippen molar-refractivity contribution in [2.75, 3.05) is 6.61 Å². The molecule has 2 aromatic carbocycles. The molecule has 1 N–H and O–H groups in total. The number of carboxylic acid groups (broad SMARTS) is 1. The molecule has 0 aliphatic rings. The molecule has 4 nitrogen and oxygen atoms in total. The zero-order valence-corrected chi connectivity index (χ0v) is 14.5. The van der Waals surface area contributed by atoms with Crippen LogP contribution in [0.2, 0.25) is 10.0 Å². The molecule has 0 saturated carbocycles. The van der Waals surface area contributed by atoms with Crippen LogP contribution in [0.1, 0.15) is 18.1 Å². The summed E-state index contributed by atoms with van der Waals surface area (Å²) < 4.78 is 11.3. The first-order chi connectivity index (χ1) is 11.5. The van der Waals surface area contributed by atoms with Crippen molar-refractivity contribution >= 4 is 35.2 Å². The van der Waals surface area contributed by atoms with Gasteiger partial charge >= 0.3 is 5.97 Å². The Hall–Kier alpha value is -2.17. The van der Waals surface area contributed by atoms with Crippen LogP contribution in [0.5, 0.6) is 11.5 Å². The fourth-order valence-electron chi connectivity index (χ4n) is 1.97. The third-order valence-corrected chi connectivity index (χ3v) is 3.80. The average Bonchev–Trinajstić information content (AvgIpc) is 2.55. The fraction of sp³-hybridized carbons (Fsp3) is 0.167. The van der Waals surface area contributed by atoms with Crippen molar-refractivity contribution in [2.45, 2.75) is 13.5 Å². The molecule has 0 radical (unpaired) electrons. The summed E-state index contributed by atoms with van der Waals surface area (Å²) in [5, 5.41) is 9.65. The van der Waals surface area contributed by atoms with Gasteiger partial charge in [0, 0.05) is 6.08 Å². The lowest BCUT2D eigenvalue weighted by Gasteiger charge is -2.13. The van der Waals surface area contributed by atoms with E-state index in [1.54, 1.807) is 30.3 Å². The minimum absolute atomic E-state index is 0.307. The molecular weight excluding hydrogens is 351 g/mol. The molecule has 2 aromatic rings. The zero-order chi connectivity index (χ0) is 17.5. The predicted octanol–water partition coefficient (Wildman–Crippen LogP) is 5.07. The van der Waals surface area contributed by atoms with E-state index in [1.807, 2.05) is 13.0 Å². The quantitative estimate of drug-likeness (QED) is 0.695. The van der Waals surface area contributed by atoms with Crippen LogP contribution >= 0.6 is 23.2 Å². The molecule has 0 amide bonds. The fourth-order valence-corrected chi connectivity index (χ4v) is 2.29. The third-order valence-electron chi connectivity index (χ3n) is 3.06. The maximum absolute atomic E-state index is 10.6. The Morgan fingerprint density at radius 2 is 1.88 bits per heavy atom. The van der Waals surface area contributed by atoms with Gasteiger partial charge in [0.1, 0.15) is 6.61 Å². The molecular formula is C18H16Cl2O4. The molecule has 0 saturated heterocycles. The van der Waals surface area contributed by atoms with E-state index in [4.69, 9.17) is 37.8 Å². The van der Waals surface area contributed by atoms with E-state index in [0.29, 0.717) is 40.3 Å². The Balaban J connectivity index is 2.16. The largest absolute Gasteiger partial charge is 0.490 e. The van der Waals surface area contributed by atoms with Crippen LogP contribution in [0.4, 0.5) is 0 Å². The van der Waals surface area contributed by atoms with Crippen molar-refractivity contribution in [1.29, 1.82) is 0 Å². The first-order valence-electron chi connectivity index (χ1n) is 7.24. The van der Waals surface area contributed by atoms with Gasteiger partial charge in [-0.05, 0) is 48.4 Å². The molecule has 0 heterocycles. The zero-order valence-electron chi connectivity index (χ0n) is 13.0. The van der Waals surface area contributed by atoms with Crippen LogP contribution in [0.25, 0.3) is 6.08 Å². The van der Waals surface area contributed by atoms with E-state index in [-0.39, 0.29) is 0 Å². The lowest BCUT2D eigenvalue weighted by Crippen LogP contribution is -2.00. The lowest BCUT2D eigenvalue weighted by molar-refractivity contribution is -0.131. The summed E-state index contributed by atoms with van der Waals surface area (Å²) in [5.41, 5.74) is 1.59. The first kappa shape index (κ1) is 18.2. The van der Waals surface area contributed by atoms with Gasteiger partial charge in [-0.1, -0.05) is 35.3 Å². The predicted molar refractivity (Wildman–Crippen MR) is 95.1 cm³/mol. The second-order valence-corrected chi connectivity index (χ2v) is 5.66. The van der Waals surface area contributed by atoms with Gasteiger partial charge in [0.05, 0.1) is 16.7 Å². The van der Waals surface area contributed by atoms with Crippen molar-refractivity contribution in [3.05, 3.63) is 63.6 Å². The summed E-state index contributed by atoms with van der Waals surface area (Å²) in [5.74, 6) is 0.105. The number of hydrogen-bond donors (Lipinski definition) is 1. The maximum atomic E-state index is 10.6. The Labute approximate surface area is 150 Å². The number of carbonyl (C=O) groups is 1. The molecule has 0 fully saturated rings. The maximum Gasteiger partial charge on any atom is 0.328 e. The standard InChI is InChI=1S/C18H16Cl2O4/c1-2-23-17-10-12(5-8-18(21)22)4-7-16(17)24-11-13-3-6-14(19)15(20)9-13/h3-10H,2,11H2,1H3,(H,21,22). The van der Waals surface area contributed by atoms with Crippen molar-refractivity contribution in [3.8, 4) is 11.5 Å². The van der Waals surface area contributed by atoms with Crippen LogP contribution in [0, 0.1) is 0 Å². The highest BCUT2D eigenvalue weighted by molar-refractivity contribution is 6.42. The normalized spacial score (nSPS) is 10.8. The summed E-state index contributed by atoms with van der Waals surface area (Å²) in [6.45, 7) is 2.64. The minimum atomic E-state index is -1.01. The van der Waals surface area contributed by atoms with Gasteiger partial charge in [-0.3, -0.25) is 0 Å². The van der Waals surface area contributed by atoms with Gasteiger partial charge < -0.3 is 14.6 Å². The molecule has 0 unspecified atom stereocenters. The van der Waals surface area contributed by atoms with Crippen LogP contribution in [0.15, 0.2) is 42.5 Å². The SMILES string of the molecule is CCOc1cc(C=CC(=O)O)ccc1OCc1ccc(Cl)c(Cl)c1. The number of rotatable bonds is 7. The van der Waals surface area contributed by atoms with Crippen LogP contribution in [-0.4, -0.2) is 17.7 Å². The van der Waals surface area contributed by atoms with Gasteiger partial charge in [0.25, 0.3) is 0 Å². The topological polar surface area (TPSA) is 55.8 Å². The van der Waals surface area contributed by atoms with Crippen molar-refractivity contribution in [1.82, 2.24) is 0 Å². The second kappa shape index (κ2) is 8.62. The van der Waals surface area contributed by atoms with Crippen LogP contribution < -0.4 is 9.47 Å². The number of ether oxygens (including phenoxy) is 2. The van der Waals surface area contributed by atoms with Gasteiger partial charge in [-0.2, -0.15) is 0 Å². The summed E-state index contributed by atoms with van der Waals surface area (Å²) >= 11 is 11.9. The molecule has 0 aromatic heterocycles. The van der Waals surface area contributed by atoms with Crippen LogP contribution in [-0.2, 0) is 11.4 Å². The molecule has 24 heavy (non-hydrogen) atoms. The van der Waals surface area contributed by atoms with Gasteiger partial charge in [0.15, 0.2) is 11.5 Å². The number of hydrogen-bond acceptors (Lipinski definition) is 3.